The third-order valence-corrected chi connectivity index (χ3v) is 5.83. The molecule has 1 aliphatic rings. The molecule has 0 aliphatic carbocycles. The van der Waals surface area contributed by atoms with Crippen molar-refractivity contribution in [3.05, 3.63) is 96.6 Å². The van der Waals surface area contributed by atoms with Gasteiger partial charge in [-0.15, -0.1) is 0 Å². The minimum atomic E-state index is -4.77. The zero-order valence-corrected chi connectivity index (χ0v) is 16.3. The Bertz CT molecular complexity index is 1060. The van der Waals surface area contributed by atoms with Crippen LogP contribution in [-0.4, -0.2) is 17.4 Å². The molecule has 4 rings (SSSR count). The highest BCUT2D eigenvalue weighted by atomic mass is 32.2. The van der Waals surface area contributed by atoms with Gasteiger partial charge in [-0.3, -0.25) is 0 Å². The number of anilines is 1. The molecule has 0 unspecified atom stereocenters. The Labute approximate surface area is 175 Å². The van der Waals surface area contributed by atoms with Crippen LogP contribution in [0.4, 0.5) is 29.3 Å². The first kappa shape index (κ1) is 20.0. The number of hydrogen-bond donors (Lipinski definition) is 1. The number of rotatable bonds is 3. The zero-order valence-electron chi connectivity index (χ0n) is 15.5. The van der Waals surface area contributed by atoms with E-state index in [-0.39, 0.29) is 10.7 Å². The molecule has 0 radical (unpaired) electrons. The van der Waals surface area contributed by atoms with Crippen LogP contribution in [0.1, 0.15) is 5.56 Å². The molecule has 30 heavy (non-hydrogen) atoms. The molecule has 0 spiro atoms. The van der Waals surface area contributed by atoms with Crippen LogP contribution in [-0.2, 0) is 4.87 Å². The van der Waals surface area contributed by atoms with E-state index in [2.05, 4.69) is 10.3 Å². The Kier molecular flexibility index (Phi) is 5.26. The number of carbonyl (C=O) groups excluding carboxylic acids is 1. The standard InChI is InChI=1S/C22H16F3N3OS/c23-22(24,25)21(16-10-4-1-5-11-16)27-19(29)28(18-14-8-3-9-15-18)20(30-21)26-17-12-6-2-7-13-17/h1-15H,(H,27,29)/t21-/m1/s1. The maximum Gasteiger partial charge on any atom is 0.425 e. The van der Waals surface area contributed by atoms with Crippen molar-refractivity contribution in [3.8, 4) is 0 Å². The van der Waals surface area contributed by atoms with Crippen molar-refractivity contribution >= 4 is 34.3 Å². The largest absolute Gasteiger partial charge is 0.425 e. The lowest BCUT2D eigenvalue weighted by molar-refractivity contribution is -0.167. The number of nitrogens with zero attached hydrogens (tertiary/aromatic N) is 2. The quantitative estimate of drug-likeness (QED) is 0.553. The average molecular weight is 427 g/mol. The van der Waals surface area contributed by atoms with Gasteiger partial charge in [0.25, 0.3) is 0 Å². The molecule has 1 N–H and O–H groups in total. The van der Waals surface area contributed by atoms with Gasteiger partial charge in [0.05, 0.1) is 11.4 Å². The maximum atomic E-state index is 14.4. The van der Waals surface area contributed by atoms with Gasteiger partial charge < -0.3 is 5.32 Å². The second-order valence-electron chi connectivity index (χ2n) is 6.48. The molecule has 1 aliphatic heterocycles. The lowest BCUT2D eigenvalue weighted by Crippen LogP contribution is -2.63. The molecule has 1 atom stereocenters. The van der Waals surface area contributed by atoms with Crippen molar-refractivity contribution in [2.24, 2.45) is 4.99 Å². The zero-order chi connectivity index (χ0) is 21.2. The van der Waals surface area contributed by atoms with Crippen LogP contribution in [0.15, 0.2) is 96.0 Å². The number of amidine groups is 1. The van der Waals surface area contributed by atoms with Crippen LogP contribution in [0.25, 0.3) is 0 Å². The SMILES string of the molecule is O=C1N[C@@](c2ccccc2)(C(F)(F)F)SC(=Nc2ccccc2)N1c1ccccc1. The fourth-order valence-corrected chi connectivity index (χ4v) is 4.30. The fourth-order valence-electron chi connectivity index (χ4n) is 3.09. The van der Waals surface area contributed by atoms with Gasteiger partial charge in [0, 0.05) is 0 Å². The number of carbonyl (C=O) groups is 1. The molecule has 0 aromatic heterocycles. The number of halogens is 3. The molecular weight excluding hydrogens is 411 g/mol. The van der Waals surface area contributed by atoms with Gasteiger partial charge in [0.2, 0.25) is 4.87 Å². The van der Waals surface area contributed by atoms with Crippen molar-refractivity contribution in [3.63, 3.8) is 0 Å². The summed E-state index contributed by atoms with van der Waals surface area (Å²) in [4.78, 5) is 16.0. The van der Waals surface area contributed by atoms with Gasteiger partial charge in [-0.2, -0.15) is 13.2 Å². The van der Waals surface area contributed by atoms with E-state index in [1.807, 2.05) is 0 Å². The Hall–Kier alpha value is -3.26. The van der Waals surface area contributed by atoms with Crippen molar-refractivity contribution in [2.75, 3.05) is 4.90 Å². The van der Waals surface area contributed by atoms with E-state index < -0.39 is 17.1 Å². The molecule has 1 fully saturated rings. The number of aliphatic imine (C=N–C) groups is 1. The van der Waals surface area contributed by atoms with E-state index in [9.17, 15) is 18.0 Å². The maximum absolute atomic E-state index is 14.4. The molecule has 0 bridgehead atoms. The van der Waals surface area contributed by atoms with Crippen molar-refractivity contribution in [2.45, 2.75) is 11.0 Å². The highest BCUT2D eigenvalue weighted by Gasteiger charge is 2.62. The lowest BCUT2D eigenvalue weighted by Gasteiger charge is -2.43. The van der Waals surface area contributed by atoms with Crippen LogP contribution in [0.2, 0.25) is 0 Å². The molecule has 3 aromatic carbocycles. The normalized spacial score (nSPS) is 20.8. The van der Waals surface area contributed by atoms with Crippen molar-refractivity contribution < 1.29 is 18.0 Å². The summed E-state index contributed by atoms with van der Waals surface area (Å²) in [6.07, 6.45) is -4.77. The monoisotopic (exact) mass is 427 g/mol. The summed E-state index contributed by atoms with van der Waals surface area (Å²) in [6, 6.07) is 23.5. The van der Waals surface area contributed by atoms with Gasteiger partial charge in [0.1, 0.15) is 0 Å². The minimum absolute atomic E-state index is 0.0719. The highest BCUT2D eigenvalue weighted by Crippen LogP contribution is 2.51. The number of benzene rings is 3. The van der Waals surface area contributed by atoms with E-state index in [0.717, 1.165) is 4.90 Å². The summed E-state index contributed by atoms with van der Waals surface area (Å²) in [5.74, 6) is 0. The van der Waals surface area contributed by atoms with Crippen molar-refractivity contribution in [1.82, 2.24) is 5.32 Å². The highest BCUT2D eigenvalue weighted by molar-refractivity contribution is 8.15. The van der Waals surface area contributed by atoms with Crippen LogP contribution in [0.5, 0.6) is 0 Å². The third-order valence-electron chi connectivity index (χ3n) is 4.50. The smallest absolute Gasteiger partial charge is 0.311 e. The number of nitrogens with one attached hydrogen (secondary N) is 1. The van der Waals surface area contributed by atoms with Gasteiger partial charge in [0.15, 0.2) is 5.17 Å². The Morgan fingerprint density at radius 2 is 1.37 bits per heavy atom. The first-order chi connectivity index (χ1) is 14.4. The molecule has 2 amide bonds. The Morgan fingerprint density at radius 1 is 0.833 bits per heavy atom. The summed E-state index contributed by atoms with van der Waals surface area (Å²) in [6.45, 7) is 0. The number of thioether (sulfide) groups is 1. The summed E-state index contributed by atoms with van der Waals surface area (Å²) >= 11 is 0.459. The Balaban J connectivity index is 1.89. The topological polar surface area (TPSA) is 44.7 Å². The van der Waals surface area contributed by atoms with Gasteiger partial charge >= 0.3 is 12.2 Å². The molecular formula is C22H16F3N3OS. The van der Waals surface area contributed by atoms with Gasteiger partial charge in [-0.1, -0.05) is 66.7 Å². The fraction of sp³-hybridized carbons (Fsp3) is 0.0909. The van der Waals surface area contributed by atoms with Gasteiger partial charge in [-0.05, 0) is 41.6 Å². The second kappa shape index (κ2) is 7.87. The summed E-state index contributed by atoms with van der Waals surface area (Å²) in [5, 5.41) is 2.12. The third kappa shape index (κ3) is 3.66. The Morgan fingerprint density at radius 3 is 1.93 bits per heavy atom. The molecule has 1 saturated heterocycles. The van der Waals surface area contributed by atoms with Gasteiger partial charge in [-0.25, -0.2) is 14.7 Å². The molecule has 4 nitrogen and oxygen atoms in total. The lowest BCUT2D eigenvalue weighted by atomic mass is 10.1. The first-order valence-corrected chi connectivity index (χ1v) is 9.85. The molecule has 0 saturated carbocycles. The molecule has 3 aromatic rings. The predicted molar refractivity (Wildman–Crippen MR) is 113 cm³/mol. The summed E-state index contributed by atoms with van der Waals surface area (Å²) < 4.78 is 43.2. The first-order valence-electron chi connectivity index (χ1n) is 9.03. The number of amides is 2. The van der Waals surface area contributed by atoms with Crippen LogP contribution >= 0.6 is 11.8 Å². The average Bonchev–Trinajstić information content (AvgIpc) is 2.74. The number of urea groups is 1. The van der Waals surface area contributed by atoms with E-state index in [0.29, 0.717) is 23.1 Å². The van der Waals surface area contributed by atoms with E-state index in [1.165, 1.54) is 24.3 Å². The minimum Gasteiger partial charge on any atom is -0.311 e. The van der Waals surface area contributed by atoms with E-state index >= 15 is 0 Å². The molecule has 1 heterocycles. The van der Waals surface area contributed by atoms with Crippen molar-refractivity contribution in [1.29, 1.82) is 0 Å². The van der Waals surface area contributed by atoms with E-state index in [1.54, 1.807) is 66.7 Å². The number of hydrogen-bond acceptors (Lipinski definition) is 3. The van der Waals surface area contributed by atoms with Crippen LogP contribution < -0.4 is 10.2 Å². The predicted octanol–water partition coefficient (Wildman–Crippen LogP) is 6.05. The number of alkyl halides is 3. The van der Waals surface area contributed by atoms with E-state index in [4.69, 9.17) is 0 Å². The van der Waals surface area contributed by atoms with Crippen LogP contribution in [0.3, 0.4) is 0 Å². The molecule has 8 heteroatoms. The summed E-state index contributed by atoms with van der Waals surface area (Å²) in [7, 11) is 0. The number of para-hydroxylation sites is 2. The molecule has 152 valence electrons. The van der Waals surface area contributed by atoms with Crippen LogP contribution in [0, 0.1) is 0 Å². The summed E-state index contributed by atoms with van der Waals surface area (Å²) in [5.41, 5.74) is 0.783. The second-order valence-corrected chi connectivity index (χ2v) is 7.66.